The molecule has 92 valence electrons. The molecule has 0 spiro atoms. The summed E-state index contributed by atoms with van der Waals surface area (Å²) in [5.41, 5.74) is 4.00. The monoisotopic (exact) mass is 314 g/mol. The maximum atomic E-state index is 5.64. The normalized spacial score (nSPS) is 12.9. The second-order valence-corrected chi connectivity index (χ2v) is 5.93. The van der Waals surface area contributed by atoms with Crippen LogP contribution in [-0.2, 0) is 6.42 Å². The highest BCUT2D eigenvalue weighted by Gasteiger charge is 2.17. The van der Waals surface area contributed by atoms with Crippen LogP contribution in [0.15, 0.2) is 26.4 Å². The van der Waals surface area contributed by atoms with Gasteiger partial charge in [0.25, 0.3) is 0 Å². The zero-order valence-electron chi connectivity index (χ0n) is 9.79. The molecule has 0 aromatic carbocycles. The van der Waals surface area contributed by atoms with Crippen LogP contribution in [0.3, 0.4) is 0 Å². The van der Waals surface area contributed by atoms with Gasteiger partial charge in [0.2, 0.25) is 0 Å². The van der Waals surface area contributed by atoms with E-state index in [2.05, 4.69) is 32.8 Å². The Morgan fingerprint density at radius 3 is 2.71 bits per heavy atom. The van der Waals surface area contributed by atoms with Crippen molar-refractivity contribution in [3.05, 3.63) is 43.9 Å². The van der Waals surface area contributed by atoms with Gasteiger partial charge in [0.1, 0.15) is 11.5 Å². The molecule has 0 aliphatic rings. The fourth-order valence-electron chi connectivity index (χ4n) is 1.92. The van der Waals surface area contributed by atoms with Gasteiger partial charge in [-0.3, -0.25) is 11.3 Å². The molecule has 0 bridgehead atoms. The van der Waals surface area contributed by atoms with Gasteiger partial charge >= 0.3 is 0 Å². The Labute approximate surface area is 113 Å². The van der Waals surface area contributed by atoms with E-state index in [1.807, 2.05) is 19.9 Å². The summed E-state index contributed by atoms with van der Waals surface area (Å²) in [6.45, 7) is 3.92. The van der Waals surface area contributed by atoms with E-state index in [0.29, 0.717) is 0 Å². The second kappa shape index (κ2) is 5.35. The molecule has 0 amide bonds. The molecule has 0 saturated carbocycles. The summed E-state index contributed by atoms with van der Waals surface area (Å²) >= 11 is 5.19. The van der Waals surface area contributed by atoms with Crippen LogP contribution < -0.4 is 11.3 Å². The van der Waals surface area contributed by atoms with Gasteiger partial charge < -0.3 is 4.42 Å². The molecule has 2 heterocycles. The lowest BCUT2D eigenvalue weighted by Gasteiger charge is -2.13. The quantitative estimate of drug-likeness (QED) is 0.671. The van der Waals surface area contributed by atoms with Gasteiger partial charge in [-0.05, 0) is 41.9 Å². The van der Waals surface area contributed by atoms with Gasteiger partial charge in [0.15, 0.2) is 0 Å². The lowest BCUT2D eigenvalue weighted by atomic mass is 10.0. The number of hydrogen-bond donors (Lipinski definition) is 2. The molecule has 0 radical (unpaired) electrons. The van der Waals surface area contributed by atoms with E-state index in [0.717, 1.165) is 28.0 Å². The molecular weight excluding hydrogens is 300 g/mol. The van der Waals surface area contributed by atoms with Gasteiger partial charge in [-0.25, -0.2) is 0 Å². The van der Waals surface area contributed by atoms with E-state index in [9.17, 15) is 0 Å². The van der Waals surface area contributed by atoms with Crippen molar-refractivity contribution in [2.45, 2.75) is 26.3 Å². The van der Waals surface area contributed by atoms with Crippen molar-refractivity contribution in [2.24, 2.45) is 5.84 Å². The summed E-state index contributed by atoms with van der Waals surface area (Å²) in [6, 6.07) is 4.26. The number of hydrazine groups is 1. The van der Waals surface area contributed by atoms with Crippen molar-refractivity contribution in [1.29, 1.82) is 0 Å². The molecular formula is C12H15BrN2OS. The highest BCUT2D eigenvalue weighted by Crippen LogP contribution is 2.28. The van der Waals surface area contributed by atoms with Gasteiger partial charge in [0.05, 0.1) is 6.04 Å². The van der Waals surface area contributed by atoms with Crippen molar-refractivity contribution in [3.8, 4) is 0 Å². The predicted molar refractivity (Wildman–Crippen MR) is 74.0 cm³/mol. The molecule has 1 atom stereocenters. The lowest BCUT2D eigenvalue weighted by Crippen LogP contribution is -2.29. The first kappa shape index (κ1) is 12.8. The van der Waals surface area contributed by atoms with Crippen molar-refractivity contribution in [1.82, 2.24) is 5.43 Å². The molecule has 2 aromatic heterocycles. The van der Waals surface area contributed by atoms with Crippen LogP contribution >= 0.6 is 27.3 Å². The van der Waals surface area contributed by atoms with Crippen LogP contribution in [0.4, 0.5) is 0 Å². The van der Waals surface area contributed by atoms with E-state index in [-0.39, 0.29) is 6.04 Å². The third-order valence-corrected chi connectivity index (χ3v) is 4.40. The van der Waals surface area contributed by atoms with Gasteiger partial charge in [-0.2, -0.15) is 0 Å². The highest BCUT2D eigenvalue weighted by molar-refractivity contribution is 9.10. The Morgan fingerprint density at radius 1 is 1.47 bits per heavy atom. The zero-order chi connectivity index (χ0) is 12.4. The summed E-state index contributed by atoms with van der Waals surface area (Å²) in [7, 11) is 0. The molecule has 0 aliphatic carbocycles. The van der Waals surface area contributed by atoms with Crippen LogP contribution in [0.2, 0.25) is 0 Å². The number of hydrogen-bond acceptors (Lipinski definition) is 4. The maximum absolute atomic E-state index is 5.64. The second-order valence-electron chi connectivity index (χ2n) is 4.02. The van der Waals surface area contributed by atoms with Crippen molar-refractivity contribution < 1.29 is 4.42 Å². The minimum atomic E-state index is 0.0954. The SMILES string of the molecule is Cc1cc(C(Cc2cc(Br)cs2)NN)c(C)o1. The molecule has 0 fully saturated rings. The number of halogens is 1. The number of thiophene rings is 1. The average Bonchev–Trinajstić information content (AvgIpc) is 2.82. The Bertz CT molecular complexity index is 506. The molecule has 0 saturated heterocycles. The summed E-state index contributed by atoms with van der Waals surface area (Å²) in [6.07, 6.45) is 0.868. The maximum Gasteiger partial charge on any atom is 0.105 e. The third kappa shape index (κ3) is 2.98. The van der Waals surface area contributed by atoms with Crippen molar-refractivity contribution >= 4 is 27.3 Å². The summed E-state index contributed by atoms with van der Waals surface area (Å²) < 4.78 is 6.66. The fraction of sp³-hybridized carbons (Fsp3) is 0.333. The standard InChI is InChI=1S/C12H15BrN2OS/c1-7-3-11(8(2)16-7)12(15-14)5-10-4-9(13)6-17-10/h3-4,6,12,15H,5,14H2,1-2H3. The van der Waals surface area contributed by atoms with Crippen LogP contribution in [0.5, 0.6) is 0 Å². The number of aryl methyl sites for hydroxylation is 2. The Balaban J connectivity index is 2.19. The van der Waals surface area contributed by atoms with Crippen molar-refractivity contribution in [2.75, 3.05) is 0 Å². The topological polar surface area (TPSA) is 51.2 Å². The van der Waals surface area contributed by atoms with Gasteiger partial charge in [0, 0.05) is 26.7 Å². The largest absolute Gasteiger partial charge is 0.466 e. The Morgan fingerprint density at radius 2 is 2.24 bits per heavy atom. The Kier molecular flexibility index (Phi) is 4.04. The van der Waals surface area contributed by atoms with Gasteiger partial charge in [-0.15, -0.1) is 11.3 Å². The van der Waals surface area contributed by atoms with Crippen molar-refractivity contribution in [3.63, 3.8) is 0 Å². The number of nitrogens with two attached hydrogens (primary N) is 1. The molecule has 2 rings (SSSR count). The summed E-state index contributed by atoms with van der Waals surface area (Å²) in [5.74, 6) is 7.49. The Hall–Kier alpha value is -0.620. The first-order chi connectivity index (χ1) is 8.10. The first-order valence-electron chi connectivity index (χ1n) is 5.36. The van der Waals surface area contributed by atoms with Gasteiger partial charge in [-0.1, -0.05) is 0 Å². The molecule has 0 aliphatic heterocycles. The van der Waals surface area contributed by atoms with Crippen LogP contribution in [0.1, 0.15) is 28.0 Å². The van der Waals surface area contributed by atoms with Crippen LogP contribution in [0.25, 0.3) is 0 Å². The molecule has 3 N–H and O–H groups in total. The zero-order valence-corrected chi connectivity index (χ0v) is 12.2. The molecule has 1 unspecified atom stereocenters. The summed E-state index contributed by atoms with van der Waals surface area (Å²) in [5, 5.41) is 2.08. The number of nitrogens with one attached hydrogen (secondary N) is 1. The van der Waals surface area contributed by atoms with Crippen LogP contribution in [-0.4, -0.2) is 0 Å². The highest BCUT2D eigenvalue weighted by atomic mass is 79.9. The molecule has 17 heavy (non-hydrogen) atoms. The number of rotatable bonds is 4. The first-order valence-corrected chi connectivity index (χ1v) is 7.03. The van der Waals surface area contributed by atoms with E-state index >= 15 is 0 Å². The lowest BCUT2D eigenvalue weighted by molar-refractivity contribution is 0.485. The van der Waals surface area contributed by atoms with E-state index < -0.39 is 0 Å². The van der Waals surface area contributed by atoms with E-state index in [1.165, 1.54) is 4.88 Å². The van der Waals surface area contributed by atoms with E-state index in [1.54, 1.807) is 11.3 Å². The average molecular weight is 315 g/mol. The fourth-order valence-corrected chi connectivity index (χ4v) is 3.42. The minimum Gasteiger partial charge on any atom is -0.466 e. The molecule has 3 nitrogen and oxygen atoms in total. The smallest absolute Gasteiger partial charge is 0.105 e. The minimum absolute atomic E-state index is 0.0954. The third-order valence-electron chi connectivity index (χ3n) is 2.68. The molecule has 5 heteroatoms. The van der Waals surface area contributed by atoms with Crippen LogP contribution in [0, 0.1) is 13.8 Å². The summed E-state index contributed by atoms with van der Waals surface area (Å²) in [4.78, 5) is 1.29. The predicted octanol–water partition coefficient (Wildman–Crippen LogP) is 3.47. The number of furan rings is 1. The molecule has 2 aromatic rings. The van der Waals surface area contributed by atoms with E-state index in [4.69, 9.17) is 10.3 Å².